The van der Waals surface area contributed by atoms with Gasteiger partial charge in [0.05, 0.1) is 0 Å². The van der Waals surface area contributed by atoms with Crippen molar-refractivity contribution in [2.75, 3.05) is 0 Å². The third kappa shape index (κ3) is 3.19. The molecule has 0 saturated heterocycles. The predicted octanol–water partition coefficient (Wildman–Crippen LogP) is 3.42. The summed E-state index contributed by atoms with van der Waals surface area (Å²) in [6.45, 7) is 3.66. The van der Waals surface area contributed by atoms with E-state index in [-0.39, 0.29) is 11.7 Å². The smallest absolute Gasteiger partial charge is 0.130 e. The molecule has 13 heavy (non-hydrogen) atoms. The molecule has 0 bridgehead atoms. The van der Waals surface area contributed by atoms with Crippen LogP contribution in [0.3, 0.4) is 0 Å². The van der Waals surface area contributed by atoms with Gasteiger partial charge in [0.1, 0.15) is 5.78 Å². The van der Waals surface area contributed by atoms with Crippen LogP contribution in [-0.2, 0) is 4.79 Å². The first kappa shape index (κ1) is 10.3. The minimum absolute atomic E-state index is 0.224. The lowest BCUT2D eigenvalue weighted by atomic mass is 9.96. The Morgan fingerprint density at radius 1 is 1.38 bits per heavy atom. The molecule has 2 heteroatoms. The van der Waals surface area contributed by atoms with Crippen LogP contribution in [0.2, 0.25) is 5.02 Å². The van der Waals surface area contributed by atoms with Crippen molar-refractivity contribution in [2.24, 2.45) is 0 Å². The molecule has 0 fully saturated rings. The molecule has 1 aromatic rings. The molecule has 0 spiro atoms. The van der Waals surface area contributed by atoms with E-state index in [0.717, 1.165) is 5.02 Å². The molecule has 1 aromatic carbocycles. The molecule has 0 amide bonds. The average molecular weight is 197 g/mol. The summed E-state index contributed by atoms with van der Waals surface area (Å²) in [4.78, 5) is 10.9. The summed E-state index contributed by atoms with van der Waals surface area (Å²) in [7, 11) is 0. The van der Waals surface area contributed by atoms with Crippen LogP contribution < -0.4 is 0 Å². The second kappa shape index (κ2) is 4.43. The highest BCUT2D eigenvalue weighted by atomic mass is 35.5. The summed E-state index contributed by atoms with van der Waals surface area (Å²) in [5.74, 6) is 0.511. The van der Waals surface area contributed by atoms with Gasteiger partial charge in [-0.2, -0.15) is 0 Å². The molecule has 0 N–H and O–H groups in total. The highest BCUT2D eigenvalue weighted by Crippen LogP contribution is 2.20. The summed E-state index contributed by atoms with van der Waals surface area (Å²) in [6.07, 6.45) is 0.599. The Labute approximate surface area is 83.7 Å². The van der Waals surface area contributed by atoms with Crippen LogP contribution in [0.5, 0.6) is 0 Å². The van der Waals surface area contributed by atoms with Crippen molar-refractivity contribution in [2.45, 2.75) is 26.2 Å². The van der Waals surface area contributed by atoms with Crippen molar-refractivity contribution in [3.8, 4) is 0 Å². The quantitative estimate of drug-likeness (QED) is 0.724. The lowest BCUT2D eigenvalue weighted by Gasteiger charge is -2.09. The molecule has 0 unspecified atom stereocenters. The SMILES string of the molecule is CC(=O)C[C@H](C)c1ccc(Cl)cc1. The van der Waals surface area contributed by atoms with E-state index < -0.39 is 0 Å². The lowest BCUT2D eigenvalue weighted by Crippen LogP contribution is -1.99. The molecule has 0 saturated carbocycles. The van der Waals surface area contributed by atoms with E-state index in [1.54, 1.807) is 6.92 Å². The highest BCUT2D eigenvalue weighted by molar-refractivity contribution is 6.30. The summed E-state index contributed by atoms with van der Waals surface area (Å²) in [5, 5.41) is 0.735. The van der Waals surface area contributed by atoms with E-state index in [9.17, 15) is 4.79 Å². The van der Waals surface area contributed by atoms with Gasteiger partial charge < -0.3 is 4.79 Å². The van der Waals surface area contributed by atoms with Gasteiger partial charge in [-0.3, -0.25) is 0 Å². The van der Waals surface area contributed by atoms with Crippen molar-refractivity contribution in [1.82, 2.24) is 0 Å². The number of carbonyl (C=O) groups excluding carboxylic acids is 1. The normalized spacial score (nSPS) is 12.5. The van der Waals surface area contributed by atoms with Crippen molar-refractivity contribution in [3.63, 3.8) is 0 Å². The van der Waals surface area contributed by atoms with Gasteiger partial charge in [-0.1, -0.05) is 30.7 Å². The number of halogens is 1. The van der Waals surface area contributed by atoms with E-state index in [4.69, 9.17) is 11.6 Å². The number of hydrogen-bond donors (Lipinski definition) is 0. The Morgan fingerprint density at radius 3 is 2.38 bits per heavy atom. The molecule has 1 atom stereocenters. The summed E-state index contributed by atoms with van der Waals surface area (Å²) >= 11 is 5.76. The molecule has 0 radical (unpaired) electrons. The maximum absolute atomic E-state index is 10.9. The molecule has 70 valence electrons. The molecule has 0 heterocycles. The average Bonchev–Trinajstić information content (AvgIpc) is 2.04. The Kier molecular flexibility index (Phi) is 3.49. The zero-order valence-corrected chi connectivity index (χ0v) is 8.64. The fraction of sp³-hybridized carbons (Fsp3) is 0.364. The number of hydrogen-bond acceptors (Lipinski definition) is 1. The maximum Gasteiger partial charge on any atom is 0.130 e. The first-order chi connectivity index (χ1) is 6.09. The van der Waals surface area contributed by atoms with Crippen molar-refractivity contribution >= 4 is 17.4 Å². The highest BCUT2D eigenvalue weighted by Gasteiger charge is 2.07. The van der Waals surface area contributed by atoms with Gasteiger partial charge in [0.2, 0.25) is 0 Å². The van der Waals surface area contributed by atoms with Gasteiger partial charge >= 0.3 is 0 Å². The molecule has 0 aliphatic heterocycles. The van der Waals surface area contributed by atoms with Crippen LogP contribution >= 0.6 is 11.6 Å². The van der Waals surface area contributed by atoms with Gasteiger partial charge in [0.15, 0.2) is 0 Å². The number of rotatable bonds is 3. The number of Topliss-reactive ketones (excluding diaryl/α,β-unsaturated/α-hetero) is 1. The summed E-state index contributed by atoms with van der Waals surface area (Å²) in [5.41, 5.74) is 1.17. The topological polar surface area (TPSA) is 17.1 Å². The van der Waals surface area contributed by atoms with Crippen molar-refractivity contribution < 1.29 is 4.79 Å². The van der Waals surface area contributed by atoms with E-state index in [2.05, 4.69) is 0 Å². The number of ketones is 1. The van der Waals surface area contributed by atoms with Gasteiger partial charge in [-0.15, -0.1) is 0 Å². The standard InChI is InChI=1S/C11H13ClO/c1-8(7-9(2)13)10-3-5-11(12)6-4-10/h3-6,8H,7H2,1-2H3/t8-/m0/s1. The van der Waals surface area contributed by atoms with Gasteiger partial charge in [0.25, 0.3) is 0 Å². The number of benzene rings is 1. The summed E-state index contributed by atoms with van der Waals surface area (Å²) < 4.78 is 0. The van der Waals surface area contributed by atoms with Gasteiger partial charge in [-0.25, -0.2) is 0 Å². The Morgan fingerprint density at radius 2 is 1.92 bits per heavy atom. The molecule has 0 aliphatic rings. The first-order valence-electron chi connectivity index (χ1n) is 4.34. The van der Waals surface area contributed by atoms with E-state index >= 15 is 0 Å². The van der Waals surface area contributed by atoms with Crippen molar-refractivity contribution in [1.29, 1.82) is 0 Å². The van der Waals surface area contributed by atoms with Gasteiger partial charge in [-0.05, 0) is 30.5 Å². The van der Waals surface area contributed by atoms with Gasteiger partial charge in [0, 0.05) is 11.4 Å². The van der Waals surface area contributed by atoms with Crippen LogP contribution in [0, 0.1) is 0 Å². The zero-order valence-electron chi connectivity index (χ0n) is 7.88. The Bertz CT molecular complexity index is 289. The van der Waals surface area contributed by atoms with Crippen LogP contribution in [0.15, 0.2) is 24.3 Å². The minimum atomic E-state index is 0.224. The third-order valence-corrected chi connectivity index (χ3v) is 2.28. The second-order valence-electron chi connectivity index (χ2n) is 3.36. The molecule has 0 aliphatic carbocycles. The molecule has 0 aromatic heterocycles. The van der Waals surface area contributed by atoms with Crippen molar-refractivity contribution in [3.05, 3.63) is 34.9 Å². The fourth-order valence-corrected chi connectivity index (χ4v) is 1.47. The van der Waals surface area contributed by atoms with E-state index in [1.807, 2.05) is 31.2 Å². The van der Waals surface area contributed by atoms with E-state index in [1.165, 1.54) is 5.56 Å². The largest absolute Gasteiger partial charge is 0.300 e. The molecular weight excluding hydrogens is 184 g/mol. The van der Waals surface area contributed by atoms with Crippen LogP contribution in [0.25, 0.3) is 0 Å². The fourth-order valence-electron chi connectivity index (χ4n) is 1.34. The zero-order chi connectivity index (χ0) is 9.84. The monoisotopic (exact) mass is 196 g/mol. The minimum Gasteiger partial charge on any atom is -0.300 e. The molecular formula is C11H13ClO. The predicted molar refractivity (Wildman–Crippen MR) is 55.2 cm³/mol. The van der Waals surface area contributed by atoms with E-state index in [0.29, 0.717) is 6.42 Å². The molecule has 1 nitrogen and oxygen atoms in total. The Balaban J connectivity index is 2.71. The third-order valence-electron chi connectivity index (χ3n) is 2.03. The second-order valence-corrected chi connectivity index (χ2v) is 3.80. The maximum atomic E-state index is 10.9. The summed E-state index contributed by atoms with van der Waals surface area (Å²) in [6, 6.07) is 7.65. The van der Waals surface area contributed by atoms with Crippen LogP contribution in [0.1, 0.15) is 31.7 Å². The molecule has 1 rings (SSSR count). The lowest BCUT2D eigenvalue weighted by molar-refractivity contribution is -0.117. The van der Waals surface area contributed by atoms with Crippen LogP contribution in [-0.4, -0.2) is 5.78 Å². The number of carbonyl (C=O) groups is 1. The Hall–Kier alpha value is -0.820. The first-order valence-corrected chi connectivity index (χ1v) is 4.72. The van der Waals surface area contributed by atoms with Crippen LogP contribution in [0.4, 0.5) is 0 Å².